The third-order valence-corrected chi connectivity index (χ3v) is 3.13. The molecule has 3 N–H and O–H groups in total. The van der Waals surface area contributed by atoms with Gasteiger partial charge in [-0.1, -0.05) is 6.92 Å². The normalized spacial score (nSPS) is 14.6. The number of likely N-dealkylation sites (N-methyl/N-ethyl adjacent to an activating group) is 1. The third kappa shape index (κ3) is 2.82. The summed E-state index contributed by atoms with van der Waals surface area (Å²) in [7, 11) is 1.78. The Morgan fingerprint density at radius 2 is 2.38 bits per heavy atom. The number of hydrogen-bond donors (Lipinski definition) is 2. The van der Waals surface area contributed by atoms with E-state index in [1.807, 2.05) is 17.7 Å². The van der Waals surface area contributed by atoms with Crippen LogP contribution in [0.25, 0.3) is 0 Å². The van der Waals surface area contributed by atoms with Crippen molar-refractivity contribution < 1.29 is 4.79 Å². The fourth-order valence-corrected chi connectivity index (χ4v) is 1.88. The van der Waals surface area contributed by atoms with Gasteiger partial charge in [0.2, 0.25) is 5.91 Å². The first-order chi connectivity index (χ1) is 7.64. The monoisotopic (exact) mass is 224 g/mol. The van der Waals surface area contributed by atoms with Crippen LogP contribution < -0.4 is 11.1 Å². The molecule has 16 heavy (non-hydrogen) atoms. The Kier molecular flexibility index (Phi) is 4.49. The van der Waals surface area contributed by atoms with Gasteiger partial charge in [-0.2, -0.15) is 0 Å². The largest absolute Gasteiger partial charge is 0.368 e. The zero-order valence-electron chi connectivity index (χ0n) is 9.94. The first-order valence-electron chi connectivity index (χ1n) is 5.59. The number of nitrogens with two attached hydrogens (primary N) is 1. The average Bonchev–Trinajstić information content (AvgIpc) is 2.77. The molecule has 0 bridgehead atoms. The van der Waals surface area contributed by atoms with Gasteiger partial charge >= 0.3 is 0 Å². The van der Waals surface area contributed by atoms with Crippen molar-refractivity contribution in [3.63, 3.8) is 0 Å². The van der Waals surface area contributed by atoms with E-state index < -0.39 is 5.54 Å². The lowest BCUT2D eigenvalue weighted by atomic mass is 9.90. The zero-order chi connectivity index (χ0) is 12.0. The van der Waals surface area contributed by atoms with Crippen molar-refractivity contribution in [1.82, 2.24) is 14.9 Å². The molecule has 0 aliphatic rings. The second-order valence-electron chi connectivity index (χ2n) is 3.95. The topological polar surface area (TPSA) is 72.9 Å². The molecule has 0 aromatic carbocycles. The molecule has 1 rings (SSSR count). The minimum Gasteiger partial charge on any atom is -0.368 e. The van der Waals surface area contributed by atoms with E-state index in [9.17, 15) is 4.79 Å². The highest BCUT2D eigenvalue weighted by molar-refractivity contribution is 5.84. The molecule has 0 saturated carbocycles. The number of aryl methyl sites for hydroxylation is 1. The predicted octanol–water partition coefficient (Wildman–Crippen LogP) is 0.517. The standard InChI is InChI=1S/C11H20N4O/c1-3-11(13-2,10(12)16)5-4-7-15-8-6-14-9-15/h6,8-9,13H,3-5,7H2,1-2H3,(H2,12,16). The van der Waals surface area contributed by atoms with E-state index >= 15 is 0 Å². The van der Waals surface area contributed by atoms with Crippen molar-refractivity contribution in [3.8, 4) is 0 Å². The van der Waals surface area contributed by atoms with Crippen molar-refractivity contribution in [3.05, 3.63) is 18.7 Å². The number of carbonyl (C=O) groups excluding carboxylic acids is 1. The average molecular weight is 224 g/mol. The Labute approximate surface area is 96.0 Å². The second kappa shape index (κ2) is 5.65. The van der Waals surface area contributed by atoms with Crippen molar-refractivity contribution >= 4 is 5.91 Å². The van der Waals surface area contributed by atoms with Crippen molar-refractivity contribution in [2.75, 3.05) is 7.05 Å². The van der Waals surface area contributed by atoms with Gasteiger partial charge in [-0.05, 0) is 26.3 Å². The molecule has 0 aliphatic heterocycles. The Morgan fingerprint density at radius 1 is 1.62 bits per heavy atom. The Bertz CT molecular complexity index is 317. The lowest BCUT2D eigenvalue weighted by Gasteiger charge is -2.28. The number of nitrogens with one attached hydrogen (secondary N) is 1. The van der Waals surface area contributed by atoms with Gasteiger partial charge in [-0.25, -0.2) is 4.98 Å². The minimum absolute atomic E-state index is 0.275. The Morgan fingerprint density at radius 3 is 2.81 bits per heavy atom. The van der Waals surface area contributed by atoms with Crippen LogP contribution in [0.3, 0.4) is 0 Å². The van der Waals surface area contributed by atoms with Crippen LogP contribution >= 0.6 is 0 Å². The van der Waals surface area contributed by atoms with Crippen LogP contribution in [0.2, 0.25) is 0 Å². The van der Waals surface area contributed by atoms with Crippen LogP contribution in [-0.4, -0.2) is 28.0 Å². The molecule has 5 nitrogen and oxygen atoms in total. The lowest BCUT2D eigenvalue weighted by molar-refractivity contribution is -0.124. The number of imidazole rings is 1. The summed E-state index contributed by atoms with van der Waals surface area (Å²) in [5, 5.41) is 3.05. The molecular weight excluding hydrogens is 204 g/mol. The summed E-state index contributed by atoms with van der Waals surface area (Å²) in [6, 6.07) is 0. The number of amides is 1. The molecule has 5 heteroatoms. The van der Waals surface area contributed by atoms with Crippen molar-refractivity contribution in [2.24, 2.45) is 5.73 Å². The molecule has 0 aliphatic carbocycles. The minimum atomic E-state index is -0.569. The van der Waals surface area contributed by atoms with Gasteiger partial charge < -0.3 is 15.6 Å². The molecule has 0 fully saturated rings. The summed E-state index contributed by atoms with van der Waals surface area (Å²) >= 11 is 0. The Balaban J connectivity index is 2.47. The third-order valence-electron chi connectivity index (χ3n) is 3.13. The second-order valence-corrected chi connectivity index (χ2v) is 3.95. The van der Waals surface area contributed by atoms with Crippen LogP contribution in [-0.2, 0) is 11.3 Å². The number of aromatic nitrogens is 2. The number of hydrogen-bond acceptors (Lipinski definition) is 3. The van der Waals surface area contributed by atoms with Gasteiger partial charge in [0.25, 0.3) is 0 Å². The van der Waals surface area contributed by atoms with Gasteiger partial charge in [0.05, 0.1) is 11.9 Å². The summed E-state index contributed by atoms with van der Waals surface area (Å²) < 4.78 is 2.00. The quantitative estimate of drug-likeness (QED) is 0.709. The van der Waals surface area contributed by atoms with Gasteiger partial charge in [0, 0.05) is 18.9 Å². The van der Waals surface area contributed by atoms with Crippen LogP contribution in [0.5, 0.6) is 0 Å². The summed E-state index contributed by atoms with van der Waals surface area (Å²) in [5.41, 5.74) is 4.86. The maximum absolute atomic E-state index is 11.4. The van der Waals surface area contributed by atoms with E-state index in [0.717, 1.165) is 19.4 Å². The summed E-state index contributed by atoms with van der Waals surface area (Å²) in [6.45, 7) is 2.83. The fraction of sp³-hybridized carbons (Fsp3) is 0.636. The zero-order valence-corrected chi connectivity index (χ0v) is 9.94. The molecule has 1 aromatic rings. The first kappa shape index (κ1) is 12.7. The summed E-state index contributed by atoms with van der Waals surface area (Å²) in [4.78, 5) is 15.4. The number of nitrogens with zero attached hydrogens (tertiary/aromatic N) is 2. The number of primary amides is 1. The molecule has 1 atom stereocenters. The molecular formula is C11H20N4O. The summed E-state index contributed by atoms with van der Waals surface area (Å²) in [5.74, 6) is -0.275. The maximum atomic E-state index is 11.4. The SMILES string of the molecule is CCC(CCCn1ccnc1)(NC)C(N)=O. The number of carbonyl (C=O) groups is 1. The Hall–Kier alpha value is -1.36. The van der Waals surface area contributed by atoms with Gasteiger partial charge in [-0.15, -0.1) is 0 Å². The van der Waals surface area contributed by atoms with E-state index in [1.165, 1.54) is 0 Å². The highest BCUT2D eigenvalue weighted by atomic mass is 16.1. The molecule has 1 unspecified atom stereocenters. The lowest BCUT2D eigenvalue weighted by Crippen LogP contribution is -2.53. The van der Waals surface area contributed by atoms with E-state index in [1.54, 1.807) is 19.6 Å². The van der Waals surface area contributed by atoms with E-state index in [0.29, 0.717) is 6.42 Å². The molecule has 1 heterocycles. The molecule has 0 spiro atoms. The molecule has 0 saturated heterocycles. The maximum Gasteiger partial charge on any atom is 0.237 e. The van der Waals surface area contributed by atoms with Crippen molar-refractivity contribution in [1.29, 1.82) is 0 Å². The molecule has 1 amide bonds. The smallest absolute Gasteiger partial charge is 0.237 e. The van der Waals surface area contributed by atoms with E-state index in [4.69, 9.17) is 5.73 Å². The van der Waals surface area contributed by atoms with E-state index in [-0.39, 0.29) is 5.91 Å². The van der Waals surface area contributed by atoms with Gasteiger partial charge in [0.1, 0.15) is 0 Å². The summed E-state index contributed by atoms with van der Waals surface area (Å²) in [6.07, 6.45) is 7.79. The van der Waals surface area contributed by atoms with Gasteiger partial charge in [0.15, 0.2) is 0 Å². The van der Waals surface area contributed by atoms with Crippen LogP contribution in [0.15, 0.2) is 18.7 Å². The molecule has 0 radical (unpaired) electrons. The fourth-order valence-electron chi connectivity index (χ4n) is 1.88. The number of rotatable bonds is 7. The first-order valence-corrected chi connectivity index (χ1v) is 5.59. The predicted molar refractivity (Wildman–Crippen MR) is 62.7 cm³/mol. The van der Waals surface area contributed by atoms with E-state index in [2.05, 4.69) is 10.3 Å². The van der Waals surface area contributed by atoms with Gasteiger partial charge in [-0.3, -0.25) is 4.79 Å². The highest BCUT2D eigenvalue weighted by Crippen LogP contribution is 2.17. The highest BCUT2D eigenvalue weighted by Gasteiger charge is 2.31. The van der Waals surface area contributed by atoms with Crippen LogP contribution in [0.1, 0.15) is 26.2 Å². The van der Waals surface area contributed by atoms with Crippen molar-refractivity contribution in [2.45, 2.75) is 38.3 Å². The van der Waals surface area contributed by atoms with Crippen LogP contribution in [0, 0.1) is 0 Å². The van der Waals surface area contributed by atoms with Crippen LogP contribution in [0.4, 0.5) is 0 Å². The molecule has 90 valence electrons. The molecule has 1 aromatic heterocycles.